The van der Waals surface area contributed by atoms with Gasteiger partial charge < -0.3 is 10.5 Å². The summed E-state index contributed by atoms with van der Waals surface area (Å²) in [5, 5.41) is -0.547. The predicted octanol–water partition coefficient (Wildman–Crippen LogP) is 1.24. The van der Waals surface area contributed by atoms with Crippen LogP contribution in [0.15, 0.2) is 24.3 Å². The van der Waals surface area contributed by atoms with E-state index in [1.807, 2.05) is 38.1 Å². The molecule has 1 aliphatic rings. The highest BCUT2D eigenvalue weighted by atomic mass is 32.2. The van der Waals surface area contributed by atoms with Crippen molar-refractivity contribution in [3.63, 3.8) is 0 Å². The molecule has 1 aliphatic carbocycles. The lowest BCUT2D eigenvalue weighted by Crippen LogP contribution is -2.36. The fourth-order valence-electron chi connectivity index (χ4n) is 2.78. The fourth-order valence-corrected chi connectivity index (χ4v) is 4.62. The maximum absolute atomic E-state index is 11.9. The SMILES string of the molecule is CCOC[C@@]1(N)[C@H](S(C)(=O)=O)[C@@H]1c1ccc(C)cc1. The second kappa shape index (κ2) is 4.89. The van der Waals surface area contributed by atoms with Gasteiger partial charge in [-0.2, -0.15) is 0 Å². The van der Waals surface area contributed by atoms with Gasteiger partial charge in [0.25, 0.3) is 0 Å². The van der Waals surface area contributed by atoms with Crippen LogP contribution in [0, 0.1) is 6.92 Å². The Morgan fingerprint density at radius 3 is 2.37 bits per heavy atom. The Labute approximate surface area is 114 Å². The highest BCUT2D eigenvalue weighted by Gasteiger charge is 2.67. The van der Waals surface area contributed by atoms with Gasteiger partial charge in [-0.25, -0.2) is 8.42 Å². The Bertz CT molecular complexity index is 553. The van der Waals surface area contributed by atoms with Gasteiger partial charge in [0.15, 0.2) is 9.84 Å². The van der Waals surface area contributed by atoms with Gasteiger partial charge >= 0.3 is 0 Å². The van der Waals surface area contributed by atoms with E-state index >= 15 is 0 Å². The van der Waals surface area contributed by atoms with Crippen LogP contribution in [0.2, 0.25) is 0 Å². The quantitative estimate of drug-likeness (QED) is 0.882. The Morgan fingerprint density at radius 1 is 1.32 bits per heavy atom. The Hall–Kier alpha value is -0.910. The molecule has 0 unspecified atom stereocenters. The molecule has 1 fully saturated rings. The van der Waals surface area contributed by atoms with E-state index in [0.29, 0.717) is 6.61 Å². The van der Waals surface area contributed by atoms with Crippen molar-refractivity contribution in [3.8, 4) is 0 Å². The fraction of sp³-hybridized carbons (Fsp3) is 0.571. The number of aryl methyl sites for hydroxylation is 1. The van der Waals surface area contributed by atoms with Crippen molar-refractivity contribution in [1.82, 2.24) is 0 Å². The molecule has 0 heterocycles. The highest BCUT2D eigenvalue weighted by Crippen LogP contribution is 2.53. The van der Waals surface area contributed by atoms with Crippen molar-refractivity contribution < 1.29 is 13.2 Å². The first kappa shape index (κ1) is 14.5. The number of hydrogen-bond donors (Lipinski definition) is 1. The van der Waals surface area contributed by atoms with E-state index in [2.05, 4.69) is 0 Å². The summed E-state index contributed by atoms with van der Waals surface area (Å²) >= 11 is 0. The van der Waals surface area contributed by atoms with Crippen molar-refractivity contribution in [1.29, 1.82) is 0 Å². The monoisotopic (exact) mass is 283 g/mol. The van der Waals surface area contributed by atoms with Crippen molar-refractivity contribution in [2.45, 2.75) is 30.6 Å². The first-order chi connectivity index (χ1) is 8.80. The van der Waals surface area contributed by atoms with E-state index in [1.54, 1.807) is 0 Å². The number of hydrogen-bond acceptors (Lipinski definition) is 4. The molecule has 1 aromatic carbocycles. The second-order valence-corrected chi connectivity index (χ2v) is 7.55. The van der Waals surface area contributed by atoms with E-state index < -0.39 is 20.6 Å². The van der Waals surface area contributed by atoms with Crippen molar-refractivity contribution in [2.24, 2.45) is 5.73 Å². The van der Waals surface area contributed by atoms with E-state index in [-0.39, 0.29) is 12.5 Å². The average molecular weight is 283 g/mol. The molecule has 0 radical (unpaired) electrons. The molecule has 106 valence electrons. The lowest BCUT2D eigenvalue weighted by molar-refractivity contribution is 0.125. The molecule has 1 saturated carbocycles. The van der Waals surface area contributed by atoms with Crippen LogP contribution >= 0.6 is 0 Å². The summed E-state index contributed by atoms with van der Waals surface area (Å²) in [6.07, 6.45) is 1.25. The summed E-state index contributed by atoms with van der Waals surface area (Å²) in [7, 11) is -3.18. The average Bonchev–Trinajstić information content (AvgIpc) is 2.95. The molecule has 3 atom stereocenters. The van der Waals surface area contributed by atoms with Crippen LogP contribution < -0.4 is 5.73 Å². The Kier molecular flexibility index (Phi) is 3.73. The van der Waals surface area contributed by atoms with E-state index in [1.165, 1.54) is 6.26 Å². The van der Waals surface area contributed by atoms with E-state index in [4.69, 9.17) is 10.5 Å². The van der Waals surface area contributed by atoms with Crippen molar-refractivity contribution in [3.05, 3.63) is 35.4 Å². The maximum atomic E-state index is 11.9. The second-order valence-electron chi connectivity index (χ2n) is 5.39. The predicted molar refractivity (Wildman–Crippen MR) is 76.0 cm³/mol. The molecule has 2 rings (SSSR count). The standard InChI is InChI=1S/C14H21NO3S/c1-4-18-9-14(15)12(13(14)19(3,16)17)11-7-5-10(2)6-8-11/h5-8,12-13H,4,9,15H2,1-3H3/t12-,13+,14-/m0/s1. The van der Waals surface area contributed by atoms with Gasteiger partial charge in [0.05, 0.1) is 17.4 Å². The third-order valence-corrected chi connectivity index (χ3v) is 5.39. The molecule has 4 nitrogen and oxygen atoms in total. The smallest absolute Gasteiger partial charge is 0.152 e. The summed E-state index contributed by atoms with van der Waals surface area (Å²) in [5.41, 5.74) is 7.60. The molecule has 0 aliphatic heterocycles. The van der Waals surface area contributed by atoms with Crippen LogP contribution in [-0.2, 0) is 14.6 Å². The lowest BCUT2D eigenvalue weighted by atomic mass is 10.1. The molecule has 0 bridgehead atoms. The molecule has 19 heavy (non-hydrogen) atoms. The molecule has 0 amide bonds. The summed E-state index contributed by atoms with van der Waals surface area (Å²) in [6.45, 7) is 4.69. The molecule has 1 aromatic rings. The zero-order valence-corrected chi connectivity index (χ0v) is 12.4. The first-order valence-corrected chi connectivity index (χ1v) is 8.38. The van der Waals surface area contributed by atoms with Crippen LogP contribution in [0.1, 0.15) is 24.0 Å². The van der Waals surface area contributed by atoms with Crippen molar-refractivity contribution >= 4 is 9.84 Å². The molecule has 5 heteroatoms. The number of ether oxygens (including phenoxy) is 1. The van der Waals surface area contributed by atoms with Crippen LogP contribution in [0.5, 0.6) is 0 Å². The van der Waals surface area contributed by atoms with Gasteiger partial charge in [-0.15, -0.1) is 0 Å². The minimum Gasteiger partial charge on any atom is -0.380 e. The number of rotatable bonds is 5. The van der Waals surface area contributed by atoms with Crippen LogP contribution in [-0.4, -0.2) is 38.7 Å². The topological polar surface area (TPSA) is 69.4 Å². The van der Waals surface area contributed by atoms with Crippen LogP contribution in [0.25, 0.3) is 0 Å². The normalized spacial score (nSPS) is 30.3. The molecule has 2 N–H and O–H groups in total. The Balaban J connectivity index is 2.30. The van der Waals surface area contributed by atoms with Crippen molar-refractivity contribution in [2.75, 3.05) is 19.5 Å². The van der Waals surface area contributed by atoms with Gasteiger partial charge in [-0.05, 0) is 19.4 Å². The summed E-state index contributed by atoms with van der Waals surface area (Å²) in [4.78, 5) is 0. The number of benzene rings is 1. The van der Waals surface area contributed by atoms with Crippen LogP contribution in [0.3, 0.4) is 0 Å². The van der Waals surface area contributed by atoms with Gasteiger partial charge in [-0.1, -0.05) is 29.8 Å². The molecular weight excluding hydrogens is 262 g/mol. The minimum atomic E-state index is -3.18. The van der Waals surface area contributed by atoms with Gasteiger partial charge in [0.1, 0.15) is 0 Å². The number of sulfone groups is 1. The minimum absolute atomic E-state index is 0.172. The molecule has 0 saturated heterocycles. The lowest BCUT2D eigenvalue weighted by Gasteiger charge is -2.11. The molecule has 0 aromatic heterocycles. The first-order valence-electron chi connectivity index (χ1n) is 6.42. The summed E-state index contributed by atoms with van der Waals surface area (Å²) < 4.78 is 29.1. The number of nitrogens with two attached hydrogens (primary N) is 1. The Morgan fingerprint density at radius 2 is 1.89 bits per heavy atom. The third-order valence-electron chi connectivity index (χ3n) is 3.76. The maximum Gasteiger partial charge on any atom is 0.152 e. The summed E-state index contributed by atoms with van der Waals surface area (Å²) in [6, 6.07) is 7.87. The molecular formula is C14H21NO3S. The highest BCUT2D eigenvalue weighted by molar-refractivity contribution is 7.91. The van der Waals surface area contributed by atoms with Gasteiger partial charge in [-0.3, -0.25) is 0 Å². The zero-order chi connectivity index (χ0) is 14.3. The third kappa shape index (κ3) is 2.68. The zero-order valence-electron chi connectivity index (χ0n) is 11.6. The molecule has 0 spiro atoms. The summed E-state index contributed by atoms with van der Waals surface area (Å²) in [5.74, 6) is -0.172. The van der Waals surface area contributed by atoms with E-state index in [9.17, 15) is 8.42 Å². The largest absolute Gasteiger partial charge is 0.380 e. The van der Waals surface area contributed by atoms with Gasteiger partial charge in [0, 0.05) is 18.8 Å². The van der Waals surface area contributed by atoms with E-state index in [0.717, 1.165) is 11.1 Å². The van der Waals surface area contributed by atoms with Gasteiger partial charge in [0.2, 0.25) is 0 Å². The van der Waals surface area contributed by atoms with Crippen LogP contribution in [0.4, 0.5) is 0 Å².